The van der Waals surface area contributed by atoms with Crippen molar-refractivity contribution in [3.63, 3.8) is 0 Å². The summed E-state index contributed by atoms with van der Waals surface area (Å²) >= 11 is 8.13. The van der Waals surface area contributed by atoms with Gasteiger partial charge in [-0.05, 0) is 59.0 Å². The van der Waals surface area contributed by atoms with Gasteiger partial charge in [0.2, 0.25) is 0 Å². The van der Waals surface area contributed by atoms with Crippen LogP contribution in [0.2, 0.25) is 5.02 Å². The van der Waals surface area contributed by atoms with Crippen molar-refractivity contribution in [1.82, 2.24) is 9.97 Å². The SMILES string of the molecule is Oc1ccc(I)cc1-c1nc2ccc(Cl)cc2[nH]1. The van der Waals surface area contributed by atoms with Crippen LogP contribution in [0.4, 0.5) is 0 Å². The molecule has 3 aromatic rings. The number of aromatic amines is 1. The molecule has 0 radical (unpaired) electrons. The minimum Gasteiger partial charge on any atom is -0.507 e. The average molecular weight is 371 g/mol. The second-order valence-corrected chi connectivity index (χ2v) is 5.59. The van der Waals surface area contributed by atoms with Gasteiger partial charge < -0.3 is 10.1 Å². The minimum atomic E-state index is 0.209. The molecule has 0 unspecified atom stereocenters. The molecule has 0 aliphatic rings. The molecule has 0 aliphatic carbocycles. The lowest BCUT2D eigenvalue weighted by atomic mass is 10.2. The quantitative estimate of drug-likeness (QED) is 0.631. The van der Waals surface area contributed by atoms with E-state index in [2.05, 4.69) is 32.6 Å². The summed E-state index contributed by atoms with van der Waals surface area (Å²) in [5.41, 5.74) is 2.37. The lowest BCUT2D eigenvalue weighted by molar-refractivity contribution is 0.477. The third-order valence-corrected chi connectivity index (χ3v) is 3.56. The molecule has 0 aliphatic heterocycles. The van der Waals surface area contributed by atoms with Crippen LogP contribution >= 0.6 is 34.2 Å². The molecule has 0 amide bonds. The molecule has 0 atom stereocenters. The number of aromatic nitrogens is 2. The first kappa shape index (κ1) is 11.8. The van der Waals surface area contributed by atoms with Crippen LogP contribution in [0.3, 0.4) is 0 Å². The van der Waals surface area contributed by atoms with E-state index in [4.69, 9.17) is 11.6 Å². The summed E-state index contributed by atoms with van der Waals surface area (Å²) in [4.78, 5) is 7.61. The smallest absolute Gasteiger partial charge is 0.142 e. The second-order valence-electron chi connectivity index (χ2n) is 3.91. The van der Waals surface area contributed by atoms with Gasteiger partial charge in [0, 0.05) is 8.59 Å². The van der Waals surface area contributed by atoms with Gasteiger partial charge in [-0.2, -0.15) is 0 Å². The van der Waals surface area contributed by atoms with Crippen LogP contribution in [0.5, 0.6) is 5.75 Å². The van der Waals surface area contributed by atoms with E-state index in [1.807, 2.05) is 24.3 Å². The number of hydrogen-bond acceptors (Lipinski definition) is 2. The van der Waals surface area contributed by atoms with Crippen molar-refractivity contribution in [2.75, 3.05) is 0 Å². The Morgan fingerprint density at radius 1 is 1.17 bits per heavy atom. The number of halogens is 2. The second kappa shape index (κ2) is 4.44. The van der Waals surface area contributed by atoms with Gasteiger partial charge >= 0.3 is 0 Å². The molecule has 5 heteroatoms. The topological polar surface area (TPSA) is 48.9 Å². The van der Waals surface area contributed by atoms with Crippen molar-refractivity contribution in [1.29, 1.82) is 0 Å². The number of nitrogens with zero attached hydrogens (tertiary/aromatic N) is 1. The van der Waals surface area contributed by atoms with Crippen LogP contribution in [0.15, 0.2) is 36.4 Å². The lowest BCUT2D eigenvalue weighted by Gasteiger charge is -2.01. The molecule has 0 saturated heterocycles. The summed E-state index contributed by atoms with van der Waals surface area (Å²) in [5.74, 6) is 0.851. The maximum Gasteiger partial charge on any atom is 0.142 e. The Balaban J connectivity index is 2.22. The molecule has 90 valence electrons. The van der Waals surface area contributed by atoms with Crippen LogP contribution in [0.1, 0.15) is 0 Å². The fourth-order valence-corrected chi connectivity index (χ4v) is 2.47. The van der Waals surface area contributed by atoms with Gasteiger partial charge in [-0.1, -0.05) is 11.6 Å². The maximum absolute atomic E-state index is 9.88. The van der Waals surface area contributed by atoms with Crippen molar-refractivity contribution in [3.05, 3.63) is 45.0 Å². The van der Waals surface area contributed by atoms with Crippen LogP contribution < -0.4 is 0 Å². The van der Waals surface area contributed by atoms with Gasteiger partial charge in [0.15, 0.2) is 0 Å². The molecule has 3 nitrogen and oxygen atoms in total. The number of imidazole rings is 1. The van der Waals surface area contributed by atoms with E-state index in [9.17, 15) is 5.11 Å². The molecule has 0 spiro atoms. The third-order valence-electron chi connectivity index (χ3n) is 2.66. The van der Waals surface area contributed by atoms with Gasteiger partial charge in [-0.3, -0.25) is 0 Å². The van der Waals surface area contributed by atoms with E-state index in [0.29, 0.717) is 16.4 Å². The van der Waals surface area contributed by atoms with Crippen LogP contribution in [-0.2, 0) is 0 Å². The molecule has 3 rings (SSSR count). The number of H-pyrrole nitrogens is 1. The first-order chi connectivity index (χ1) is 8.63. The monoisotopic (exact) mass is 370 g/mol. The highest BCUT2D eigenvalue weighted by Gasteiger charge is 2.10. The number of nitrogens with one attached hydrogen (secondary N) is 1. The highest BCUT2D eigenvalue weighted by Crippen LogP contribution is 2.30. The number of phenols is 1. The van der Waals surface area contributed by atoms with E-state index in [-0.39, 0.29) is 5.75 Å². The zero-order chi connectivity index (χ0) is 12.7. The summed E-state index contributed by atoms with van der Waals surface area (Å²) in [6, 6.07) is 10.9. The third kappa shape index (κ3) is 2.06. The first-order valence-corrected chi connectivity index (χ1v) is 6.73. The molecule has 0 bridgehead atoms. The number of hydrogen-bond donors (Lipinski definition) is 2. The summed E-state index contributed by atoms with van der Waals surface area (Å²) in [6.07, 6.45) is 0. The minimum absolute atomic E-state index is 0.209. The Bertz CT molecular complexity index is 739. The van der Waals surface area contributed by atoms with Crippen molar-refractivity contribution in [2.24, 2.45) is 0 Å². The van der Waals surface area contributed by atoms with Gasteiger partial charge in [-0.15, -0.1) is 0 Å². The van der Waals surface area contributed by atoms with Gasteiger partial charge in [0.1, 0.15) is 11.6 Å². The summed E-state index contributed by atoms with van der Waals surface area (Å²) in [6.45, 7) is 0. The molecule has 1 heterocycles. The zero-order valence-corrected chi connectivity index (χ0v) is 12.0. The molecular weight excluding hydrogens is 363 g/mol. The van der Waals surface area contributed by atoms with Gasteiger partial charge in [0.05, 0.1) is 16.6 Å². The molecule has 18 heavy (non-hydrogen) atoms. The Morgan fingerprint density at radius 2 is 2.00 bits per heavy atom. The van der Waals surface area contributed by atoms with Crippen molar-refractivity contribution in [3.8, 4) is 17.1 Å². The van der Waals surface area contributed by atoms with Crippen molar-refractivity contribution in [2.45, 2.75) is 0 Å². The fraction of sp³-hybridized carbons (Fsp3) is 0. The molecule has 1 aromatic heterocycles. The van der Waals surface area contributed by atoms with E-state index in [1.165, 1.54) is 0 Å². The largest absolute Gasteiger partial charge is 0.507 e. The molecule has 2 aromatic carbocycles. The zero-order valence-electron chi connectivity index (χ0n) is 9.11. The Labute approximate surface area is 122 Å². The van der Waals surface area contributed by atoms with Crippen LogP contribution in [0.25, 0.3) is 22.4 Å². The Kier molecular flexibility index (Phi) is 2.91. The highest BCUT2D eigenvalue weighted by molar-refractivity contribution is 14.1. The lowest BCUT2D eigenvalue weighted by Crippen LogP contribution is -1.82. The fourth-order valence-electron chi connectivity index (χ4n) is 1.81. The highest BCUT2D eigenvalue weighted by atomic mass is 127. The van der Waals surface area contributed by atoms with Crippen LogP contribution in [-0.4, -0.2) is 15.1 Å². The van der Waals surface area contributed by atoms with E-state index in [0.717, 1.165) is 14.6 Å². The first-order valence-electron chi connectivity index (χ1n) is 5.27. The Hall–Kier alpha value is -1.27. The molecule has 2 N–H and O–H groups in total. The van der Waals surface area contributed by atoms with E-state index in [1.54, 1.807) is 12.1 Å². The number of benzene rings is 2. The normalized spacial score (nSPS) is 11.0. The van der Waals surface area contributed by atoms with E-state index >= 15 is 0 Å². The van der Waals surface area contributed by atoms with Crippen molar-refractivity contribution >= 4 is 45.2 Å². The summed E-state index contributed by atoms with van der Waals surface area (Å²) in [5, 5.41) is 10.5. The predicted molar refractivity (Wildman–Crippen MR) is 80.9 cm³/mol. The number of fused-ring (bicyclic) bond motifs is 1. The van der Waals surface area contributed by atoms with E-state index < -0.39 is 0 Å². The van der Waals surface area contributed by atoms with Gasteiger partial charge in [0.25, 0.3) is 0 Å². The standard InChI is InChI=1S/C13H8ClIN2O/c14-7-1-3-10-11(5-7)17-13(16-10)9-6-8(15)2-4-12(9)18/h1-6,18H,(H,16,17). The number of aromatic hydroxyl groups is 1. The summed E-state index contributed by atoms with van der Waals surface area (Å²) < 4.78 is 1.04. The average Bonchev–Trinajstić information content (AvgIpc) is 2.74. The van der Waals surface area contributed by atoms with Gasteiger partial charge in [-0.25, -0.2) is 4.98 Å². The van der Waals surface area contributed by atoms with Crippen molar-refractivity contribution < 1.29 is 5.11 Å². The number of phenolic OH excluding ortho intramolecular Hbond substituents is 1. The Morgan fingerprint density at radius 3 is 2.83 bits per heavy atom. The van der Waals surface area contributed by atoms with Crippen LogP contribution in [0, 0.1) is 3.57 Å². The molecule has 0 saturated carbocycles. The number of rotatable bonds is 1. The maximum atomic E-state index is 9.88. The predicted octanol–water partition coefficient (Wildman–Crippen LogP) is 4.19. The molecular formula is C13H8ClIN2O. The summed E-state index contributed by atoms with van der Waals surface area (Å²) in [7, 11) is 0. The molecule has 0 fully saturated rings.